The van der Waals surface area contributed by atoms with E-state index in [1.807, 2.05) is 0 Å². The van der Waals surface area contributed by atoms with Crippen LogP contribution in [0.1, 0.15) is 11.7 Å². The van der Waals surface area contributed by atoms with Gasteiger partial charge in [-0.15, -0.1) is 0 Å². The molecule has 2 heterocycles. The fourth-order valence-electron chi connectivity index (χ4n) is 1.89. The van der Waals surface area contributed by atoms with Crippen molar-refractivity contribution in [2.75, 3.05) is 0 Å². The average molecular weight is 283 g/mol. The van der Waals surface area contributed by atoms with E-state index in [2.05, 4.69) is 4.98 Å². The van der Waals surface area contributed by atoms with Crippen LogP contribution in [0.25, 0.3) is 0 Å². The van der Waals surface area contributed by atoms with Gasteiger partial charge in [0.15, 0.2) is 15.9 Å². The van der Waals surface area contributed by atoms with Gasteiger partial charge in [0.2, 0.25) is 0 Å². The molecule has 0 saturated heterocycles. The molecule has 0 spiro atoms. The number of alkyl halides is 3. The van der Waals surface area contributed by atoms with Crippen LogP contribution in [0.15, 0.2) is 23.4 Å². The van der Waals surface area contributed by atoms with Crippen LogP contribution in [0.4, 0.5) is 13.2 Å². The Morgan fingerprint density at radius 2 is 2.00 bits per heavy atom. The third-order valence-electron chi connectivity index (χ3n) is 2.76. The molecule has 0 aromatic carbocycles. The molecule has 0 bridgehead atoms. The molecule has 1 aromatic rings. The number of pyridine rings is 1. The van der Waals surface area contributed by atoms with Crippen LogP contribution in [0.2, 0.25) is 0 Å². The van der Waals surface area contributed by atoms with Crippen molar-refractivity contribution in [3.63, 3.8) is 0 Å². The number of hydrogen-bond acceptors (Lipinski definition) is 5. The van der Waals surface area contributed by atoms with Crippen molar-refractivity contribution < 1.29 is 31.8 Å². The van der Waals surface area contributed by atoms with Gasteiger partial charge in [-0.1, -0.05) is 0 Å². The molecule has 5 nitrogen and oxygen atoms in total. The van der Waals surface area contributed by atoms with Gasteiger partial charge in [-0.05, 0) is 6.07 Å². The molecule has 1 aliphatic heterocycles. The van der Waals surface area contributed by atoms with Crippen LogP contribution < -0.4 is 0 Å². The van der Waals surface area contributed by atoms with Crippen LogP contribution in [0, 0.1) is 0 Å². The van der Waals surface area contributed by atoms with Crippen LogP contribution in [-0.2, 0) is 9.84 Å². The first-order valence-corrected chi connectivity index (χ1v) is 6.32. The van der Waals surface area contributed by atoms with Crippen LogP contribution in [0.3, 0.4) is 0 Å². The smallest absolute Gasteiger partial charge is 0.387 e. The number of rotatable bonds is 1. The molecule has 3 atom stereocenters. The van der Waals surface area contributed by atoms with E-state index >= 15 is 0 Å². The van der Waals surface area contributed by atoms with E-state index in [0.717, 1.165) is 18.5 Å². The highest BCUT2D eigenvalue weighted by atomic mass is 32.2. The monoisotopic (exact) mass is 283 g/mol. The van der Waals surface area contributed by atoms with Crippen LogP contribution >= 0.6 is 0 Å². The number of nitrogens with zero attached hydrogens (tertiary/aromatic N) is 1. The summed E-state index contributed by atoms with van der Waals surface area (Å²) >= 11 is 0. The Hall–Kier alpha value is -1.19. The average Bonchev–Trinajstić information content (AvgIpc) is 2.46. The van der Waals surface area contributed by atoms with Crippen molar-refractivity contribution in [3.05, 3.63) is 24.0 Å². The molecule has 0 amide bonds. The van der Waals surface area contributed by atoms with Gasteiger partial charge in [0.1, 0.15) is 11.4 Å². The minimum Gasteiger partial charge on any atom is -0.387 e. The molecular weight excluding hydrogens is 275 g/mol. The fourth-order valence-corrected chi connectivity index (χ4v) is 3.89. The molecular formula is C9H8F3NO4S. The van der Waals surface area contributed by atoms with E-state index in [9.17, 15) is 26.7 Å². The minimum absolute atomic E-state index is 0.182. The lowest BCUT2D eigenvalue weighted by molar-refractivity contribution is -0.209. The Balaban J connectivity index is 2.56. The molecule has 3 unspecified atom stereocenters. The van der Waals surface area contributed by atoms with E-state index in [1.54, 1.807) is 0 Å². The van der Waals surface area contributed by atoms with Gasteiger partial charge in [-0.3, -0.25) is 4.98 Å². The van der Waals surface area contributed by atoms with E-state index in [1.165, 1.54) is 0 Å². The Labute approximate surface area is 99.8 Å². The van der Waals surface area contributed by atoms with Gasteiger partial charge >= 0.3 is 6.18 Å². The van der Waals surface area contributed by atoms with Crippen molar-refractivity contribution in [2.45, 2.75) is 28.5 Å². The van der Waals surface area contributed by atoms with Gasteiger partial charge in [-0.25, -0.2) is 8.42 Å². The van der Waals surface area contributed by atoms with Crippen molar-refractivity contribution in [2.24, 2.45) is 0 Å². The zero-order chi connectivity index (χ0) is 13.7. The number of hydrogen-bond donors (Lipinski definition) is 2. The number of aliphatic hydroxyl groups excluding tert-OH is 2. The lowest BCUT2D eigenvalue weighted by Crippen LogP contribution is -2.44. The largest absolute Gasteiger partial charge is 0.415 e. The predicted molar refractivity (Wildman–Crippen MR) is 52.2 cm³/mol. The molecule has 2 N–H and O–H groups in total. The van der Waals surface area contributed by atoms with E-state index in [-0.39, 0.29) is 5.56 Å². The predicted octanol–water partition coefficient (Wildman–Crippen LogP) is 0.194. The molecule has 0 saturated carbocycles. The second-order valence-corrected chi connectivity index (χ2v) is 5.93. The first-order valence-electron chi connectivity index (χ1n) is 4.78. The number of aromatic nitrogens is 1. The van der Waals surface area contributed by atoms with E-state index < -0.39 is 38.4 Å². The van der Waals surface area contributed by atoms with Gasteiger partial charge in [0.05, 0.1) is 4.90 Å². The van der Waals surface area contributed by atoms with Crippen molar-refractivity contribution in [3.8, 4) is 0 Å². The van der Waals surface area contributed by atoms with Crippen LogP contribution in [-0.4, -0.2) is 41.1 Å². The van der Waals surface area contributed by atoms with E-state index in [0.29, 0.717) is 0 Å². The molecule has 1 aromatic heterocycles. The minimum atomic E-state index is -5.13. The maximum absolute atomic E-state index is 12.4. The number of aliphatic hydroxyl groups is 2. The van der Waals surface area contributed by atoms with Gasteiger partial charge in [-0.2, -0.15) is 13.2 Å². The Morgan fingerprint density at radius 1 is 1.39 bits per heavy atom. The topological polar surface area (TPSA) is 87.5 Å². The first-order chi connectivity index (χ1) is 8.17. The summed E-state index contributed by atoms with van der Waals surface area (Å²) in [5.74, 6) is 0. The number of fused-ring (bicyclic) bond motifs is 1. The van der Waals surface area contributed by atoms with Crippen molar-refractivity contribution in [1.29, 1.82) is 0 Å². The molecule has 9 heteroatoms. The Bertz CT molecular complexity index is 571. The zero-order valence-corrected chi connectivity index (χ0v) is 9.48. The Morgan fingerprint density at radius 3 is 2.50 bits per heavy atom. The highest BCUT2D eigenvalue weighted by Crippen LogP contribution is 2.43. The van der Waals surface area contributed by atoms with Crippen molar-refractivity contribution >= 4 is 9.84 Å². The molecule has 0 aliphatic carbocycles. The summed E-state index contributed by atoms with van der Waals surface area (Å²) < 4.78 is 60.8. The first kappa shape index (κ1) is 13.2. The highest BCUT2D eigenvalue weighted by molar-refractivity contribution is 7.92. The maximum Gasteiger partial charge on any atom is 0.415 e. The summed E-state index contributed by atoms with van der Waals surface area (Å²) in [6.45, 7) is 0. The molecule has 2 rings (SSSR count). The van der Waals surface area contributed by atoms with Crippen molar-refractivity contribution in [1.82, 2.24) is 4.98 Å². The Kier molecular flexibility index (Phi) is 2.87. The maximum atomic E-state index is 12.4. The normalized spacial score (nSPS) is 27.8. The summed E-state index contributed by atoms with van der Waals surface area (Å²) in [5.41, 5.74) is -0.182. The van der Waals surface area contributed by atoms with Gasteiger partial charge in [0.25, 0.3) is 0 Å². The molecule has 0 radical (unpaired) electrons. The second kappa shape index (κ2) is 3.90. The number of halogens is 3. The van der Waals surface area contributed by atoms with Gasteiger partial charge < -0.3 is 10.2 Å². The summed E-state index contributed by atoms with van der Waals surface area (Å²) in [6, 6.07) is 1.11. The summed E-state index contributed by atoms with van der Waals surface area (Å²) in [5, 5.41) is 16.4. The third-order valence-corrected chi connectivity index (χ3v) is 4.94. The lowest BCUT2D eigenvalue weighted by Gasteiger charge is -2.22. The summed E-state index contributed by atoms with van der Waals surface area (Å²) in [6.07, 6.45) is -8.19. The quantitative estimate of drug-likeness (QED) is 0.768. The number of sulfone groups is 1. The summed E-state index contributed by atoms with van der Waals surface area (Å²) in [7, 11) is -4.46. The highest BCUT2D eigenvalue weighted by Gasteiger charge is 2.56. The molecule has 1 aliphatic rings. The zero-order valence-electron chi connectivity index (χ0n) is 8.66. The standard InChI is InChI=1S/C9H8F3NO4S/c10-9(11,12)8(15)7-6(14)4-1-2-13-3-5(4)18(7,16)17/h1-3,6-8,14-15H. The molecule has 0 fully saturated rings. The fraction of sp³-hybridized carbons (Fsp3) is 0.444. The van der Waals surface area contributed by atoms with E-state index in [4.69, 9.17) is 5.11 Å². The molecule has 18 heavy (non-hydrogen) atoms. The second-order valence-electron chi connectivity index (χ2n) is 3.85. The lowest BCUT2D eigenvalue weighted by atomic mass is 10.0. The SMILES string of the molecule is O=S1(=O)c2cnccc2C(O)C1C(O)C(F)(F)F. The van der Waals surface area contributed by atoms with Gasteiger partial charge in [0, 0.05) is 18.0 Å². The summed E-state index contributed by atoms with van der Waals surface area (Å²) in [4.78, 5) is 3.01. The van der Waals surface area contributed by atoms with Crippen LogP contribution in [0.5, 0.6) is 0 Å². The molecule has 100 valence electrons. The third kappa shape index (κ3) is 1.78.